The maximum Gasteiger partial charge on any atom is 0.133 e. The summed E-state index contributed by atoms with van der Waals surface area (Å²) in [4.78, 5) is 11.6. The van der Waals surface area contributed by atoms with Crippen LogP contribution in [0.5, 0.6) is 0 Å². The van der Waals surface area contributed by atoms with Gasteiger partial charge in [0.15, 0.2) is 0 Å². The summed E-state index contributed by atoms with van der Waals surface area (Å²) in [5.41, 5.74) is 0.157. The van der Waals surface area contributed by atoms with Gasteiger partial charge in [0, 0.05) is 12.8 Å². The molecule has 3 rings (SSSR count). The zero-order valence-corrected chi connectivity index (χ0v) is 10.5. The molecule has 16 heavy (non-hydrogen) atoms. The second-order valence-electron chi connectivity index (χ2n) is 7.28. The predicted octanol–water partition coefficient (Wildman–Crippen LogP) is 2.40. The maximum absolute atomic E-state index is 11.6. The van der Waals surface area contributed by atoms with Gasteiger partial charge in [0.1, 0.15) is 5.78 Å². The quantitative estimate of drug-likeness (QED) is 0.683. The number of carbonyl (C=O) groups is 1. The monoisotopic (exact) mass is 222 g/mol. The summed E-state index contributed by atoms with van der Waals surface area (Å²) in [5.74, 6) is 2.01. The first-order valence-electron chi connectivity index (χ1n) is 6.54. The SMILES string of the molecule is CC1(C)C[C@H]2C[C@@H]3CC(=O)C[C@]3(C)[C@H]2[C@@H]1O. The lowest BCUT2D eigenvalue weighted by atomic mass is 9.71. The fourth-order valence-electron chi connectivity index (χ4n) is 5.05. The Morgan fingerprint density at radius 2 is 2.00 bits per heavy atom. The minimum absolute atomic E-state index is 0.0505. The van der Waals surface area contributed by atoms with Gasteiger partial charge in [0.05, 0.1) is 6.10 Å². The molecular formula is C14H22O2. The Balaban J connectivity index is 1.96. The van der Waals surface area contributed by atoms with Crippen LogP contribution in [0, 0.1) is 28.6 Å². The van der Waals surface area contributed by atoms with Crippen LogP contribution in [0.25, 0.3) is 0 Å². The fourth-order valence-corrected chi connectivity index (χ4v) is 5.05. The number of hydrogen-bond acceptors (Lipinski definition) is 2. The molecule has 90 valence electrons. The molecule has 0 aromatic carbocycles. The molecular weight excluding hydrogens is 200 g/mol. The average molecular weight is 222 g/mol. The van der Waals surface area contributed by atoms with Crippen molar-refractivity contribution in [2.24, 2.45) is 28.6 Å². The first-order chi connectivity index (χ1) is 7.34. The van der Waals surface area contributed by atoms with E-state index in [-0.39, 0.29) is 16.9 Å². The summed E-state index contributed by atoms with van der Waals surface area (Å²) in [6.07, 6.45) is 3.59. The van der Waals surface area contributed by atoms with Crippen molar-refractivity contribution in [1.29, 1.82) is 0 Å². The Morgan fingerprint density at radius 1 is 1.31 bits per heavy atom. The molecule has 3 aliphatic carbocycles. The number of carbonyl (C=O) groups excluding carboxylic acids is 1. The molecule has 0 bridgehead atoms. The van der Waals surface area contributed by atoms with E-state index < -0.39 is 0 Å². The van der Waals surface area contributed by atoms with Crippen molar-refractivity contribution in [3.63, 3.8) is 0 Å². The molecule has 0 unspecified atom stereocenters. The van der Waals surface area contributed by atoms with Gasteiger partial charge in [-0.1, -0.05) is 20.8 Å². The number of fused-ring (bicyclic) bond motifs is 3. The highest BCUT2D eigenvalue weighted by atomic mass is 16.3. The Hall–Kier alpha value is -0.370. The molecule has 5 atom stereocenters. The van der Waals surface area contributed by atoms with E-state index in [1.807, 2.05) is 0 Å². The maximum atomic E-state index is 11.6. The van der Waals surface area contributed by atoms with E-state index >= 15 is 0 Å². The van der Waals surface area contributed by atoms with Crippen LogP contribution in [-0.4, -0.2) is 17.0 Å². The zero-order chi connectivity index (χ0) is 11.7. The van der Waals surface area contributed by atoms with Crippen molar-refractivity contribution < 1.29 is 9.90 Å². The van der Waals surface area contributed by atoms with Crippen molar-refractivity contribution >= 4 is 5.78 Å². The summed E-state index contributed by atoms with van der Waals surface area (Å²) < 4.78 is 0. The summed E-state index contributed by atoms with van der Waals surface area (Å²) in [6.45, 7) is 6.59. The van der Waals surface area contributed by atoms with Gasteiger partial charge < -0.3 is 5.11 Å². The molecule has 2 heteroatoms. The third-order valence-electron chi connectivity index (χ3n) is 5.77. The van der Waals surface area contributed by atoms with E-state index in [9.17, 15) is 9.90 Å². The number of ketones is 1. The largest absolute Gasteiger partial charge is 0.392 e. The highest BCUT2D eigenvalue weighted by Crippen LogP contribution is 2.66. The van der Waals surface area contributed by atoms with Crippen LogP contribution >= 0.6 is 0 Å². The normalized spacial score (nSPS) is 54.1. The number of aliphatic hydroxyl groups excluding tert-OH is 1. The third-order valence-corrected chi connectivity index (χ3v) is 5.77. The first-order valence-corrected chi connectivity index (χ1v) is 6.54. The molecule has 0 spiro atoms. The van der Waals surface area contributed by atoms with Crippen molar-refractivity contribution in [1.82, 2.24) is 0 Å². The van der Waals surface area contributed by atoms with Crippen LogP contribution in [0.2, 0.25) is 0 Å². The summed E-state index contributed by atoms with van der Waals surface area (Å²) in [5, 5.41) is 10.5. The van der Waals surface area contributed by atoms with Gasteiger partial charge in [-0.15, -0.1) is 0 Å². The lowest BCUT2D eigenvalue weighted by Crippen LogP contribution is -2.37. The van der Waals surface area contributed by atoms with Gasteiger partial charge >= 0.3 is 0 Å². The molecule has 0 aromatic heterocycles. The van der Waals surface area contributed by atoms with Crippen LogP contribution < -0.4 is 0 Å². The number of Topliss-reactive ketones (excluding diaryl/α,β-unsaturated/α-hetero) is 1. The summed E-state index contributed by atoms with van der Waals surface area (Å²) >= 11 is 0. The second kappa shape index (κ2) is 2.90. The molecule has 0 radical (unpaired) electrons. The Bertz CT molecular complexity index is 347. The van der Waals surface area contributed by atoms with E-state index in [1.54, 1.807) is 0 Å². The average Bonchev–Trinajstić information content (AvgIpc) is 2.59. The minimum atomic E-state index is -0.210. The van der Waals surface area contributed by atoms with Crippen LogP contribution in [0.15, 0.2) is 0 Å². The van der Waals surface area contributed by atoms with Crippen molar-refractivity contribution in [3.05, 3.63) is 0 Å². The molecule has 0 aliphatic heterocycles. The van der Waals surface area contributed by atoms with E-state index in [0.717, 1.165) is 12.8 Å². The number of hydrogen-bond donors (Lipinski definition) is 1. The Kier molecular flexibility index (Phi) is 1.95. The Morgan fingerprint density at radius 3 is 2.69 bits per heavy atom. The summed E-state index contributed by atoms with van der Waals surface area (Å²) in [7, 11) is 0. The van der Waals surface area contributed by atoms with Gasteiger partial charge in [0.2, 0.25) is 0 Å². The zero-order valence-electron chi connectivity index (χ0n) is 10.5. The molecule has 0 amide bonds. The molecule has 3 saturated carbocycles. The molecule has 0 saturated heterocycles. The van der Waals surface area contributed by atoms with Crippen molar-refractivity contribution in [3.8, 4) is 0 Å². The van der Waals surface area contributed by atoms with Gasteiger partial charge in [-0.3, -0.25) is 4.79 Å². The third kappa shape index (κ3) is 1.14. The molecule has 0 heterocycles. The highest BCUT2D eigenvalue weighted by Gasteiger charge is 2.64. The van der Waals surface area contributed by atoms with Gasteiger partial charge in [-0.2, -0.15) is 0 Å². The van der Waals surface area contributed by atoms with Crippen molar-refractivity contribution in [2.75, 3.05) is 0 Å². The van der Waals surface area contributed by atoms with Gasteiger partial charge in [-0.25, -0.2) is 0 Å². The lowest BCUT2D eigenvalue weighted by molar-refractivity contribution is -0.118. The van der Waals surface area contributed by atoms with Crippen LogP contribution in [-0.2, 0) is 4.79 Å². The van der Waals surface area contributed by atoms with Gasteiger partial charge in [-0.05, 0) is 41.4 Å². The van der Waals surface area contributed by atoms with E-state index in [1.165, 1.54) is 6.42 Å². The van der Waals surface area contributed by atoms with E-state index in [0.29, 0.717) is 30.0 Å². The van der Waals surface area contributed by atoms with Crippen LogP contribution in [0.3, 0.4) is 0 Å². The standard InChI is InChI=1S/C14H22O2/c1-13(2)6-8-4-9-5-10(15)7-14(9,3)11(8)12(13)16/h8-9,11-12,16H,4-7H2,1-3H3/t8-,9-,11-,12+,14+/m1/s1. The fraction of sp³-hybridized carbons (Fsp3) is 0.929. The minimum Gasteiger partial charge on any atom is -0.392 e. The number of aliphatic hydroxyl groups is 1. The molecule has 2 nitrogen and oxygen atoms in total. The second-order valence-corrected chi connectivity index (χ2v) is 7.28. The molecule has 3 fully saturated rings. The lowest BCUT2D eigenvalue weighted by Gasteiger charge is -2.36. The Labute approximate surface area is 97.4 Å². The van der Waals surface area contributed by atoms with Crippen LogP contribution in [0.1, 0.15) is 46.5 Å². The molecule has 3 aliphatic rings. The highest BCUT2D eigenvalue weighted by molar-refractivity contribution is 5.82. The van der Waals surface area contributed by atoms with E-state index in [2.05, 4.69) is 20.8 Å². The number of rotatable bonds is 0. The first kappa shape index (κ1) is 10.8. The van der Waals surface area contributed by atoms with Crippen molar-refractivity contribution in [2.45, 2.75) is 52.6 Å². The molecule has 0 aromatic rings. The predicted molar refractivity (Wildman–Crippen MR) is 61.8 cm³/mol. The van der Waals surface area contributed by atoms with Crippen LogP contribution in [0.4, 0.5) is 0 Å². The van der Waals surface area contributed by atoms with E-state index in [4.69, 9.17) is 0 Å². The topological polar surface area (TPSA) is 37.3 Å². The smallest absolute Gasteiger partial charge is 0.133 e. The summed E-state index contributed by atoms with van der Waals surface area (Å²) in [6, 6.07) is 0. The van der Waals surface area contributed by atoms with Gasteiger partial charge in [0.25, 0.3) is 0 Å². The molecule has 1 N–H and O–H groups in total.